The van der Waals surface area contributed by atoms with Gasteiger partial charge in [0.15, 0.2) is 0 Å². The van der Waals surface area contributed by atoms with Gasteiger partial charge in [-0.1, -0.05) is 60.7 Å². The molecule has 148 valence electrons. The van der Waals surface area contributed by atoms with E-state index >= 15 is 0 Å². The van der Waals surface area contributed by atoms with Crippen LogP contribution in [0.4, 0.5) is 0 Å². The number of aryl methyl sites for hydroxylation is 1. The number of aromatic amines is 1. The lowest BCUT2D eigenvalue weighted by atomic mass is 9.74. The van der Waals surface area contributed by atoms with Crippen molar-refractivity contribution < 1.29 is 0 Å². The van der Waals surface area contributed by atoms with E-state index in [1.54, 1.807) is 0 Å². The van der Waals surface area contributed by atoms with Gasteiger partial charge in [-0.2, -0.15) is 0 Å². The molecule has 0 unspecified atom stereocenters. The molecule has 0 amide bonds. The maximum absolute atomic E-state index is 3.98. The van der Waals surface area contributed by atoms with Gasteiger partial charge >= 0.3 is 0 Å². The molecule has 2 aliphatic rings. The van der Waals surface area contributed by atoms with Crippen LogP contribution in [0, 0.1) is 5.92 Å². The fraction of sp³-hybridized carbons (Fsp3) is 0.375. The standard InChI is InChI=1S/C24H27N5/c1-3-8-21-18(6-1)11-12-19-7-2-4-9-22(19)24(21)20-13-16-29(17-14-20)15-5-10-23-25-27-28-26-23/h1-4,6-9,11-12,20,24H,5,10,13-17H2,(H,25,26,27,28). The van der Waals surface area contributed by atoms with E-state index in [0.29, 0.717) is 11.8 Å². The Morgan fingerprint density at radius 2 is 1.55 bits per heavy atom. The molecule has 0 atom stereocenters. The first kappa shape index (κ1) is 18.3. The number of benzene rings is 2. The van der Waals surface area contributed by atoms with Gasteiger partial charge in [-0.25, -0.2) is 5.10 Å². The predicted octanol–water partition coefficient (Wildman–Crippen LogP) is 4.16. The zero-order chi connectivity index (χ0) is 19.5. The molecule has 3 aromatic rings. The quantitative estimate of drug-likeness (QED) is 0.716. The fourth-order valence-corrected chi connectivity index (χ4v) is 5.01. The molecule has 0 saturated carbocycles. The Kier molecular flexibility index (Phi) is 5.22. The third kappa shape index (κ3) is 3.87. The summed E-state index contributed by atoms with van der Waals surface area (Å²) in [4.78, 5) is 2.60. The van der Waals surface area contributed by atoms with E-state index in [1.807, 2.05) is 0 Å². The maximum Gasteiger partial charge on any atom is 0.148 e. The van der Waals surface area contributed by atoms with Crippen LogP contribution in [-0.2, 0) is 6.42 Å². The summed E-state index contributed by atoms with van der Waals surface area (Å²) >= 11 is 0. The lowest BCUT2D eigenvalue weighted by molar-refractivity contribution is 0.173. The van der Waals surface area contributed by atoms with E-state index in [9.17, 15) is 0 Å². The van der Waals surface area contributed by atoms with Gasteiger partial charge in [-0.05, 0) is 77.5 Å². The summed E-state index contributed by atoms with van der Waals surface area (Å²) in [7, 11) is 0. The van der Waals surface area contributed by atoms with Crippen LogP contribution in [0.1, 0.15) is 53.3 Å². The fourth-order valence-electron chi connectivity index (χ4n) is 5.01. The van der Waals surface area contributed by atoms with Crippen molar-refractivity contribution in [2.75, 3.05) is 19.6 Å². The molecule has 2 heterocycles. The van der Waals surface area contributed by atoms with E-state index in [4.69, 9.17) is 0 Å². The van der Waals surface area contributed by atoms with Crippen molar-refractivity contribution in [1.82, 2.24) is 25.5 Å². The van der Waals surface area contributed by atoms with E-state index in [1.165, 1.54) is 48.2 Å². The smallest absolute Gasteiger partial charge is 0.148 e. The molecular weight excluding hydrogens is 358 g/mol. The highest BCUT2D eigenvalue weighted by Crippen LogP contribution is 2.43. The molecule has 0 bridgehead atoms. The first-order chi connectivity index (χ1) is 14.4. The number of tetrazole rings is 1. The summed E-state index contributed by atoms with van der Waals surface area (Å²) in [5.41, 5.74) is 5.73. The van der Waals surface area contributed by atoms with Gasteiger partial charge < -0.3 is 4.90 Å². The molecule has 0 spiro atoms. The van der Waals surface area contributed by atoms with Crippen LogP contribution in [-0.4, -0.2) is 45.2 Å². The Labute approximate surface area is 171 Å². The first-order valence-corrected chi connectivity index (χ1v) is 10.7. The van der Waals surface area contributed by atoms with Gasteiger partial charge in [0.2, 0.25) is 0 Å². The summed E-state index contributed by atoms with van der Waals surface area (Å²) in [6.45, 7) is 3.47. The minimum absolute atomic E-state index is 0.486. The molecule has 2 aromatic carbocycles. The molecule has 1 N–H and O–H groups in total. The zero-order valence-electron chi connectivity index (χ0n) is 16.7. The van der Waals surface area contributed by atoms with E-state index in [2.05, 4.69) is 86.2 Å². The Balaban J connectivity index is 1.29. The number of nitrogens with one attached hydrogen (secondary N) is 1. The highest BCUT2D eigenvalue weighted by molar-refractivity contribution is 5.76. The normalized spacial score (nSPS) is 17.7. The largest absolute Gasteiger partial charge is 0.303 e. The van der Waals surface area contributed by atoms with Crippen LogP contribution in [0.3, 0.4) is 0 Å². The summed E-state index contributed by atoms with van der Waals surface area (Å²) in [6, 6.07) is 17.9. The van der Waals surface area contributed by atoms with Gasteiger partial charge in [0.05, 0.1) is 0 Å². The number of rotatable bonds is 5. The van der Waals surface area contributed by atoms with Crippen molar-refractivity contribution in [2.45, 2.75) is 31.6 Å². The third-order valence-corrected chi connectivity index (χ3v) is 6.49. The van der Waals surface area contributed by atoms with Gasteiger partial charge in [-0.3, -0.25) is 0 Å². The van der Waals surface area contributed by atoms with E-state index < -0.39 is 0 Å². The molecule has 1 aliphatic carbocycles. The topological polar surface area (TPSA) is 57.7 Å². The SMILES string of the molecule is C1=Cc2ccccc2C(C2CCN(CCCc3nnn[nH]3)CC2)c2ccccc21. The van der Waals surface area contributed by atoms with Crippen LogP contribution in [0.2, 0.25) is 0 Å². The van der Waals surface area contributed by atoms with Crippen molar-refractivity contribution in [3.8, 4) is 0 Å². The van der Waals surface area contributed by atoms with Gasteiger partial charge in [0.25, 0.3) is 0 Å². The second-order valence-corrected chi connectivity index (χ2v) is 8.20. The monoisotopic (exact) mass is 385 g/mol. The van der Waals surface area contributed by atoms with Crippen LogP contribution in [0.5, 0.6) is 0 Å². The van der Waals surface area contributed by atoms with Crippen molar-refractivity contribution >= 4 is 12.2 Å². The Hall–Kier alpha value is -2.79. The lowest BCUT2D eigenvalue weighted by Crippen LogP contribution is -2.36. The number of likely N-dealkylation sites (tertiary alicyclic amines) is 1. The Morgan fingerprint density at radius 1 is 0.897 bits per heavy atom. The molecule has 5 nitrogen and oxygen atoms in total. The second kappa shape index (κ2) is 8.29. The second-order valence-electron chi connectivity index (χ2n) is 8.20. The summed E-state index contributed by atoms with van der Waals surface area (Å²) in [6.07, 6.45) is 9.10. The van der Waals surface area contributed by atoms with Crippen molar-refractivity contribution in [3.05, 3.63) is 76.6 Å². The van der Waals surface area contributed by atoms with Crippen molar-refractivity contribution in [1.29, 1.82) is 0 Å². The number of fused-ring (bicyclic) bond motifs is 2. The summed E-state index contributed by atoms with van der Waals surface area (Å²) in [5.74, 6) is 2.06. The molecule has 1 fully saturated rings. The van der Waals surface area contributed by atoms with Gasteiger partial charge in [0, 0.05) is 12.3 Å². The van der Waals surface area contributed by atoms with Crippen molar-refractivity contribution in [3.63, 3.8) is 0 Å². The van der Waals surface area contributed by atoms with Crippen molar-refractivity contribution in [2.24, 2.45) is 5.92 Å². The molecule has 1 aliphatic heterocycles. The average molecular weight is 386 g/mol. The summed E-state index contributed by atoms with van der Waals surface area (Å²) < 4.78 is 0. The predicted molar refractivity (Wildman–Crippen MR) is 115 cm³/mol. The highest BCUT2D eigenvalue weighted by Gasteiger charge is 2.31. The van der Waals surface area contributed by atoms with E-state index in [-0.39, 0.29) is 0 Å². The zero-order valence-corrected chi connectivity index (χ0v) is 16.7. The van der Waals surface area contributed by atoms with Crippen LogP contribution < -0.4 is 0 Å². The van der Waals surface area contributed by atoms with Gasteiger partial charge in [0.1, 0.15) is 5.82 Å². The molecule has 1 saturated heterocycles. The maximum atomic E-state index is 3.98. The highest BCUT2D eigenvalue weighted by atomic mass is 15.5. The molecule has 29 heavy (non-hydrogen) atoms. The molecule has 5 heteroatoms. The molecule has 0 radical (unpaired) electrons. The number of nitrogens with zero attached hydrogens (tertiary/aromatic N) is 4. The third-order valence-electron chi connectivity index (χ3n) is 6.49. The lowest BCUT2D eigenvalue weighted by Gasteiger charge is -2.37. The minimum atomic E-state index is 0.486. The molecule has 1 aromatic heterocycles. The number of piperidine rings is 1. The Bertz CT molecular complexity index is 921. The molecular formula is C24H27N5. The minimum Gasteiger partial charge on any atom is -0.303 e. The van der Waals surface area contributed by atoms with Crippen LogP contribution in [0.15, 0.2) is 48.5 Å². The number of aromatic nitrogens is 4. The van der Waals surface area contributed by atoms with Crippen LogP contribution >= 0.6 is 0 Å². The van der Waals surface area contributed by atoms with Crippen LogP contribution in [0.25, 0.3) is 12.2 Å². The number of H-pyrrole nitrogens is 1. The molecule has 5 rings (SSSR count). The van der Waals surface area contributed by atoms with E-state index in [0.717, 1.165) is 25.2 Å². The number of hydrogen-bond donors (Lipinski definition) is 1. The van der Waals surface area contributed by atoms with Gasteiger partial charge in [-0.15, -0.1) is 5.10 Å². The Morgan fingerprint density at radius 3 is 2.17 bits per heavy atom. The first-order valence-electron chi connectivity index (χ1n) is 10.7. The average Bonchev–Trinajstić information content (AvgIpc) is 3.22. The number of hydrogen-bond acceptors (Lipinski definition) is 4. The summed E-state index contributed by atoms with van der Waals surface area (Å²) in [5, 5.41) is 14.1.